The maximum Gasteiger partial charge on any atom is 0.259 e. The van der Waals surface area contributed by atoms with Gasteiger partial charge in [0.1, 0.15) is 22.2 Å². The lowest BCUT2D eigenvalue weighted by Gasteiger charge is -2.54. The van der Waals surface area contributed by atoms with Crippen molar-refractivity contribution >= 4 is 28.4 Å². The van der Waals surface area contributed by atoms with E-state index in [-0.39, 0.29) is 27.8 Å². The van der Waals surface area contributed by atoms with Gasteiger partial charge in [0.05, 0.1) is 5.70 Å². The standard InChI is InChI=1S/C22H34ClN5O2/c1-15-12-16(26-30-15)18(24)17(19(23)25-5)20(29)28-13-22(14-28)7-10-27(11-8-22)9-6-21(2,3)4/h12H,6-11,13-14,24H2,1-5H3/b18-17+,25-19?. The van der Waals surface area contributed by atoms with Crippen molar-refractivity contribution in [3.63, 3.8) is 0 Å². The highest BCUT2D eigenvalue weighted by Crippen LogP contribution is 2.41. The van der Waals surface area contributed by atoms with E-state index in [0.29, 0.717) is 16.9 Å². The molecule has 0 unspecified atom stereocenters. The van der Waals surface area contributed by atoms with Crippen molar-refractivity contribution < 1.29 is 9.32 Å². The van der Waals surface area contributed by atoms with Gasteiger partial charge in [-0.2, -0.15) is 0 Å². The molecule has 0 saturated carbocycles. The van der Waals surface area contributed by atoms with Gasteiger partial charge in [0.2, 0.25) is 0 Å². The molecule has 0 bridgehead atoms. The highest BCUT2D eigenvalue weighted by Gasteiger charge is 2.47. The van der Waals surface area contributed by atoms with Gasteiger partial charge in [0.15, 0.2) is 0 Å². The Bertz CT molecular complexity index is 836. The van der Waals surface area contributed by atoms with Crippen LogP contribution >= 0.6 is 11.6 Å². The number of aliphatic imine (C=N–C) groups is 1. The molecule has 0 atom stereocenters. The van der Waals surface area contributed by atoms with Gasteiger partial charge in [0.25, 0.3) is 5.91 Å². The van der Waals surface area contributed by atoms with Gasteiger partial charge in [-0.05, 0) is 51.2 Å². The summed E-state index contributed by atoms with van der Waals surface area (Å²) in [5.41, 5.74) is 7.62. The largest absolute Gasteiger partial charge is 0.396 e. The van der Waals surface area contributed by atoms with Gasteiger partial charge in [-0.25, -0.2) is 0 Å². The number of nitrogens with zero attached hydrogens (tertiary/aromatic N) is 4. The molecule has 2 saturated heterocycles. The summed E-state index contributed by atoms with van der Waals surface area (Å²) in [6.07, 6.45) is 3.44. The second-order valence-corrected chi connectivity index (χ2v) is 10.3. The molecular formula is C22H34ClN5O2. The van der Waals surface area contributed by atoms with Crippen LogP contribution in [0.25, 0.3) is 5.70 Å². The van der Waals surface area contributed by atoms with Crippen LogP contribution in [0.15, 0.2) is 21.2 Å². The van der Waals surface area contributed by atoms with Crippen LogP contribution in [-0.2, 0) is 4.79 Å². The number of likely N-dealkylation sites (tertiary alicyclic amines) is 2. The minimum atomic E-state index is -0.190. The number of carbonyl (C=O) groups excluding carboxylic acids is 1. The van der Waals surface area contributed by atoms with E-state index in [2.05, 4.69) is 35.8 Å². The third kappa shape index (κ3) is 5.06. The zero-order chi connectivity index (χ0) is 22.1. The molecule has 0 radical (unpaired) electrons. The fourth-order valence-electron chi connectivity index (χ4n) is 4.17. The van der Waals surface area contributed by atoms with E-state index in [0.717, 1.165) is 45.6 Å². The maximum absolute atomic E-state index is 13.2. The lowest BCUT2D eigenvalue weighted by molar-refractivity contribution is -0.141. The Kier molecular flexibility index (Phi) is 6.63. The van der Waals surface area contributed by atoms with Crippen LogP contribution in [0.5, 0.6) is 0 Å². The molecule has 3 rings (SSSR count). The van der Waals surface area contributed by atoms with E-state index in [4.69, 9.17) is 21.9 Å². The molecule has 1 aromatic rings. The van der Waals surface area contributed by atoms with Gasteiger partial charge in [0, 0.05) is 31.6 Å². The predicted molar refractivity (Wildman–Crippen MR) is 120 cm³/mol. The Hall–Kier alpha value is -1.86. The minimum absolute atomic E-state index is 0.0936. The van der Waals surface area contributed by atoms with Crippen molar-refractivity contribution in [1.82, 2.24) is 15.0 Å². The molecule has 2 aliphatic heterocycles. The Morgan fingerprint density at radius 2 is 1.97 bits per heavy atom. The third-order valence-corrected chi connectivity index (χ3v) is 6.58. The first-order chi connectivity index (χ1) is 14.0. The summed E-state index contributed by atoms with van der Waals surface area (Å²) in [4.78, 5) is 21.6. The molecule has 166 valence electrons. The van der Waals surface area contributed by atoms with Gasteiger partial charge in [-0.15, -0.1) is 0 Å². The Morgan fingerprint density at radius 3 is 2.47 bits per heavy atom. The second-order valence-electron chi connectivity index (χ2n) is 9.94. The van der Waals surface area contributed by atoms with Crippen LogP contribution in [0.3, 0.4) is 0 Å². The number of hydrogen-bond acceptors (Lipinski definition) is 6. The summed E-state index contributed by atoms with van der Waals surface area (Å²) < 4.78 is 5.09. The van der Waals surface area contributed by atoms with E-state index in [1.165, 1.54) is 6.42 Å². The van der Waals surface area contributed by atoms with Crippen molar-refractivity contribution in [2.75, 3.05) is 39.8 Å². The fourth-order valence-corrected chi connectivity index (χ4v) is 4.36. The van der Waals surface area contributed by atoms with E-state index in [9.17, 15) is 4.79 Å². The first-order valence-corrected chi connectivity index (χ1v) is 11.0. The summed E-state index contributed by atoms with van der Waals surface area (Å²) in [7, 11) is 1.54. The van der Waals surface area contributed by atoms with Crippen molar-refractivity contribution in [3.8, 4) is 0 Å². The van der Waals surface area contributed by atoms with E-state index in [1.807, 2.05) is 4.90 Å². The molecule has 7 nitrogen and oxygen atoms in total. The smallest absolute Gasteiger partial charge is 0.259 e. The van der Waals surface area contributed by atoms with Crippen molar-refractivity contribution in [2.45, 2.75) is 47.0 Å². The highest BCUT2D eigenvalue weighted by atomic mass is 35.5. The number of hydrogen-bond donors (Lipinski definition) is 1. The molecular weight excluding hydrogens is 402 g/mol. The van der Waals surface area contributed by atoms with Crippen molar-refractivity contribution in [2.24, 2.45) is 21.6 Å². The Labute approximate surface area is 184 Å². The number of aryl methyl sites for hydroxylation is 1. The summed E-state index contributed by atoms with van der Waals surface area (Å²) >= 11 is 6.27. The topological polar surface area (TPSA) is 88.0 Å². The van der Waals surface area contributed by atoms with Crippen LogP contribution in [0.4, 0.5) is 0 Å². The SMILES string of the molecule is CN=C(Cl)/C(C(=O)N1CC2(CCN(CCC(C)(C)C)CC2)C1)=C(\N)c1cc(C)on1. The summed E-state index contributed by atoms with van der Waals surface area (Å²) in [5, 5.41) is 4.01. The molecule has 2 N–H and O–H groups in total. The molecule has 2 aliphatic rings. The molecule has 2 fully saturated rings. The summed E-state index contributed by atoms with van der Waals surface area (Å²) in [6, 6.07) is 1.69. The number of halogens is 1. The lowest BCUT2D eigenvalue weighted by Crippen LogP contribution is -2.62. The normalized spacial score (nSPS) is 20.9. The van der Waals surface area contributed by atoms with Crippen LogP contribution in [-0.4, -0.2) is 65.8 Å². The summed E-state index contributed by atoms with van der Waals surface area (Å²) in [5.74, 6) is 0.426. The molecule has 0 aromatic carbocycles. The van der Waals surface area contributed by atoms with Gasteiger partial charge >= 0.3 is 0 Å². The number of carbonyl (C=O) groups is 1. The quantitative estimate of drug-likeness (QED) is 0.566. The van der Waals surface area contributed by atoms with Crippen LogP contribution in [0.1, 0.15) is 51.5 Å². The van der Waals surface area contributed by atoms with Crippen LogP contribution < -0.4 is 5.73 Å². The van der Waals surface area contributed by atoms with Crippen molar-refractivity contribution in [1.29, 1.82) is 0 Å². The monoisotopic (exact) mass is 435 g/mol. The zero-order valence-electron chi connectivity index (χ0n) is 18.8. The Balaban J connectivity index is 1.63. The molecule has 1 aromatic heterocycles. The highest BCUT2D eigenvalue weighted by molar-refractivity contribution is 6.73. The molecule has 3 heterocycles. The van der Waals surface area contributed by atoms with E-state index in [1.54, 1.807) is 20.0 Å². The molecule has 30 heavy (non-hydrogen) atoms. The number of amides is 1. The molecule has 1 amide bonds. The molecule has 0 aliphatic carbocycles. The van der Waals surface area contributed by atoms with E-state index < -0.39 is 0 Å². The third-order valence-electron chi connectivity index (χ3n) is 6.22. The molecule has 1 spiro atoms. The van der Waals surface area contributed by atoms with Gasteiger partial charge in [-0.3, -0.25) is 9.79 Å². The fraction of sp³-hybridized carbons (Fsp3) is 0.682. The molecule has 8 heteroatoms. The average Bonchev–Trinajstić information content (AvgIpc) is 3.10. The van der Waals surface area contributed by atoms with Gasteiger partial charge in [-0.1, -0.05) is 37.5 Å². The number of rotatable bonds is 5. The lowest BCUT2D eigenvalue weighted by atomic mass is 9.71. The first kappa shape index (κ1) is 22.8. The number of aromatic nitrogens is 1. The number of piperidine rings is 1. The zero-order valence-corrected chi connectivity index (χ0v) is 19.6. The first-order valence-electron chi connectivity index (χ1n) is 10.6. The minimum Gasteiger partial charge on any atom is -0.396 e. The maximum atomic E-state index is 13.2. The summed E-state index contributed by atoms with van der Waals surface area (Å²) in [6.45, 7) is 13.4. The second kappa shape index (κ2) is 8.71. The van der Waals surface area contributed by atoms with Crippen molar-refractivity contribution in [3.05, 3.63) is 23.1 Å². The number of nitrogens with two attached hydrogens (primary N) is 1. The van der Waals surface area contributed by atoms with Crippen LogP contribution in [0.2, 0.25) is 0 Å². The Morgan fingerprint density at radius 1 is 1.33 bits per heavy atom. The van der Waals surface area contributed by atoms with Gasteiger partial charge < -0.3 is 20.1 Å². The van der Waals surface area contributed by atoms with Crippen LogP contribution in [0, 0.1) is 17.8 Å². The van der Waals surface area contributed by atoms with E-state index >= 15 is 0 Å². The predicted octanol–water partition coefficient (Wildman–Crippen LogP) is 3.28. The average molecular weight is 436 g/mol.